The van der Waals surface area contributed by atoms with Crippen LogP contribution in [0.5, 0.6) is 0 Å². The zero-order chi connectivity index (χ0) is 16.8. The second-order valence-corrected chi connectivity index (χ2v) is 8.09. The Labute approximate surface area is 143 Å². The van der Waals surface area contributed by atoms with Gasteiger partial charge in [0.2, 0.25) is 5.91 Å². The van der Waals surface area contributed by atoms with E-state index in [0.29, 0.717) is 12.5 Å². The molecule has 0 bridgehead atoms. The Balaban J connectivity index is 1.33. The molecular formula is C18H29N3O3. The monoisotopic (exact) mass is 335 g/mol. The van der Waals surface area contributed by atoms with Crippen LogP contribution in [0.1, 0.15) is 64.7 Å². The predicted molar refractivity (Wildman–Crippen MR) is 89.5 cm³/mol. The van der Waals surface area contributed by atoms with Crippen LogP contribution in [0.25, 0.3) is 0 Å². The van der Waals surface area contributed by atoms with Gasteiger partial charge in [-0.15, -0.1) is 0 Å². The number of carbonyl (C=O) groups excluding carboxylic acids is 2. The largest absolute Gasteiger partial charge is 0.378 e. The SMILES string of the molecule is CCO[C@@H]1C[C@H](NC(=O)N[C@H]2CCC(=O)NC23CCC3)C12CCC2. The van der Waals surface area contributed by atoms with E-state index in [4.69, 9.17) is 4.74 Å². The van der Waals surface area contributed by atoms with Gasteiger partial charge in [0.15, 0.2) is 0 Å². The fraction of sp³-hybridized carbons (Fsp3) is 0.889. The van der Waals surface area contributed by atoms with Crippen LogP contribution in [0, 0.1) is 5.41 Å². The first-order valence-electron chi connectivity index (χ1n) is 9.58. The van der Waals surface area contributed by atoms with E-state index >= 15 is 0 Å². The first-order valence-corrected chi connectivity index (χ1v) is 9.58. The Morgan fingerprint density at radius 3 is 2.50 bits per heavy atom. The number of hydrogen-bond donors (Lipinski definition) is 3. The minimum atomic E-state index is -0.186. The number of nitrogens with one attached hydrogen (secondary N) is 3. The van der Waals surface area contributed by atoms with Crippen molar-refractivity contribution in [1.82, 2.24) is 16.0 Å². The molecule has 2 spiro atoms. The number of ether oxygens (including phenoxy) is 1. The molecule has 4 rings (SSSR count). The summed E-state index contributed by atoms with van der Waals surface area (Å²) in [6.07, 6.45) is 9.12. The first kappa shape index (κ1) is 16.2. The fourth-order valence-corrected chi connectivity index (χ4v) is 5.22. The molecule has 0 aromatic heterocycles. The average molecular weight is 335 g/mol. The Kier molecular flexibility index (Phi) is 3.98. The van der Waals surface area contributed by atoms with Crippen molar-refractivity contribution >= 4 is 11.9 Å². The van der Waals surface area contributed by atoms with E-state index < -0.39 is 0 Å². The lowest BCUT2D eigenvalue weighted by molar-refractivity contribution is -0.169. The number of hydrogen-bond acceptors (Lipinski definition) is 3. The summed E-state index contributed by atoms with van der Waals surface area (Å²) in [5, 5.41) is 9.48. The number of urea groups is 1. The molecule has 1 aliphatic heterocycles. The highest BCUT2D eigenvalue weighted by Crippen LogP contribution is 2.57. The van der Waals surface area contributed by atoms with Crippen molar-refractivity contribution in [1.29, 1.82) is 0 Å². The molecule has 3 saturated carbocycles. The van der Waals surface area contributed by atoms with Crippen molar-refractivity contribution in [2.75, 3.05) is 6.61 Å². The van der Waals surface area contributed by atoms with Gasteiger partial charge < -0.3 is 20.7 Å². The third-order valence-corrected chi connectivity index (χ3v) is 7.01. The molecule has 3 atom stereocenters. The molecule has 4 fully saturated rings. The predicted octanol–water partition coefficient (Wildman–Crippen LogP) is 1.83. The third-order valence-electron chi connectivity index (χ3n) is 7.01. The zero-order valence-electron chi connectivity index (χ0n) is 14.5. The van der Waals surface area contributed by atoms with Crippen molar-refractivity contribution < 1.29 is 14.3 Å². The van der Waals surface area contributed by atoms with E-state index in [0.717, 1.165) is 51.6 Å². The van der Waals surface area contributed by atoms with Gasteiger partial charge in [0, 0.05) is 24.5 Å². The summed E-state index contributed by atoms with van der Waals surface area (Å²) in [5.41, 5.74) is -0.00338. The highest BCUT2D eigenvalue weighted by Gasteiger charge is 2.59. The normalized spacial score (nSPS) is 35.4. The van der Waals surface area contributed by atoms with Crippen LogP contribution in [-0.4, -0.2) is 42.3 Å². The highest BCUT2D eigenvalue weighted by atomic mass is 16.5. The number of amides is 3. The van der Waals surface area contributed by atoms with Gasteiger partial charge in [0.05, 0.1) is 17.7 Å². The van der Waals surface area contributed by atoms with Crippen LogP contribution in [0.15, 0.2) is 0 Å². The Morgan fingerprint density at radius 2 is 1.92 bits per heavy atom. The summed E-state index contributed by atoms with van der Waals surface area (Å²) in [7, 11) is 0. The first-order chi connectivity index (χ1) is 11.6. The summed E-state index contributed by atoms with van der Waals surface area (Å²) in [5.74, 6) is 0.125. The van der Waals surface area contributed by atoms with E-state index in [1.807, 2.05) is 6.92 Å². The third kappa shape index (κ3) is 2.41. The molecule has 3 amide bonds. The van der Waals surface area contributed by atoms with Crippen LogP contribution in [-0.2, 0) is 9.53 Å². The lowest BCUT2D eigenvalue weighted by atomic mass is 9.51. The standard InChI is InChI=1S/C18H29N3O3/c1-2-24-14-11-13(17(14)7-3-8-17)20-16(23)19-12-5-6-15(22)21-18(12)9-4-10-18/h12-14H,2-11H2,1H3,(H,21,22)(H2,19,20,23)/t12-,13-,14+/m0/s1. The molecular weight excluding hydrogens is 306 g/mol. The molecule has 1 saturated heterocycles. The Morgan fingerprint density at radius 1 is 1.21 bits per heavy atom. The number of rotatable bonds is 4. The average Bonchev–Trinajstić information content (AvgIpc) is 2.44. The van der Waals surface area contributed by atoms with Crippen LogP contribution < -0.4 is 16.0 Å². The van der Waals surface area contributed by atoms with Crippen LogP contribution in [0.2, 0.25) is 0 Å². The van der Waals surface area contributed by atoms with E-state index in [2.05, 4.69) is 16.0 Å². The molecule has 4 aliphatic rings. The van der Waals surface area contributed by atoms with Crippen molar-refractivity contribution in [3.8, 4) is 0 Å². The van der Waals surface area contributed by atoms with Crippen molar-refractivity contribution in [3.05, 3.63) is 0 Å². The van der Waals surface area contributed by atoms with Crippen LogP contribution >= 0.6 is 0 Å². The maximum absolute atomic E-state index is 12.5. The molecule has 0 unspecified atom stereocenters. The fourth-order valence-electron chi connectivity index (χ4n) is 5.22. The van der Waals surface area contributed by atoms with Gasteiger partial charge in [-0.1, -0.05) is 6.42 Å². The molecule has 6 nitrogen and oxygen atoms in total. The molecule has 0 aromatic rings. The van der Waals surface area contributed by atoms with E-state index in [-0.39, 0.29) is 35.0 Å². The van der Waals surface area contributed by atoms with E-state index in [9.17, 15) is 9.59 Å². The van der Waals surface area contributed by atoms with Crippen LogP contribution in [0.3, 0.4) is 0 Å². The minimum absolute atomic E-state index is 0.0593. The molecule has 3 aliphatic carbocycles. The van der Waals surface area contributed by atoms with Gasteiger partial charge in [-0.3, -0.25) is 4.79 Å². The molecule has 6 heteroatoms. The maximum Gasteiger partial charge on any atom is 0.315 e. The maximum atomic E-state index is 12.5. The molecule has 0 radical (unpaired) electrons. The number of piperidine rings is 1. The van der Waals surface area contributed by atoms with Crippen molar-refractivity contribution in [2.45, 2.75) is 88.4 Å². The van der Waals surface area contributed by atoms with Gasteiger partial charge >= 0.3 is 6.03 Å². The van der Waals surface area contributed by atoms with Gasteiger partial charge in [-0.2, -0.15) is 0 Å². The summed E-state index contributed by atoms with van der Waals surface area (Å²) in [4.78, 5) is 24.3. The molecule has 1 heterocycles. The summed E-state index contributed by atoms with van der Waals surface area (Å²) >= 11 is 0. The van der Waals surface area contributed by atoms with E-state index in [1.54, 1.807) is 0 Å². The molecule has 3 N–H and O–H groups in total. The van der Waals surface area contributed by atoms with Gasteiger partial charge in [-0.05, 0) is 51.9 Å². The highest BCUT2D eigenvalue weighted by molar-refractivity contribution is 5.80. The van der Waals surface area contributed by atoms with Crippen molar-refractivity contribution in [3.63, 3.8) is 0 Å². The second-order valence-electron chi connectivity index (χ2n) is 8.09. The van der Waals surface area contributed by atoms with E-state index in [1.165, 1.54) is 6.42 Å². The zero-order valence-corrected chi connectivity index (χ0v) is 14.5. The lowest BCUT2D eigenvalue weighted by Gasteiger charge is -2.61. The Hall–Kier alpha value is -1.30. The summed E-state index contributed by atoms with van der Waals surface area (Å²) in [6.45, 7) is 2.78. The topological polar surface area (TPSA) is 79.5 Å². The van der Waals surface area contributed by atoms with Gasteiger partial charge in [0.1, 0.15) is 0 Å². The smallest absolute Gasteiger partial charge is 0.315 e. The summed E-state index contributed by atoms with van der Waals surface area (Å²) < 4.78 is 5.85. The van der Waals surface area contributed by atoms with Crippen molar-refractivity contribution in [2.24, 2.45) is 5.41 Å². The molecule has 24 heavy (non-hydrogen) atoms. The lowest BCUT2D eigenvalue weighted by Crippen LogP contribution is -2.72. The molecule has 134 valence electrons. The number of carbonyl (C=O) groups is 2. The molecule has 0 aromatic carbocycles. The Bertz CT molecular complexity index is 528. The quantitative estimate of drug-likeness (QED) is 0.733. The minimum Gasteiger partial charge on any atom is -0.378 e. The van der Waals surface area contributed by atoms with Gasteiger partial charge in [0.25, 0.3) is 0 Å². The van der Waals surface area contributed by atoms with Crippen LogP contribution in [0.4, 0.5) is 4.79 Å². The van der Waals surface area contributed by atoms with Gasteiger partial charge in [-0.25, -0.2) is 4.79 Å². The summed E-state index contributed by atoms with van der Waals surface area (Å²) in [6, 6.07) is 0.219. The second kappa shape index (κ2) is 5.90.